The van der Waals surface area contributed by atoms with Gasteiger partial charge in [-0.25, -0.2) is 0 Å². The van der Waals surface area contributed by atoms with Gasteiger partial charge in [0.25, 0.3) is 0 Å². The van der Waals surface area contributed by atoms with E-state index in [1.807, 2.05) is 6.21 Å². The van der Waals surface area contributed by atoms with Crippen molar-refractivity contribution in [1.82, 2.24) is 5.32 Å². The lowest BCUT2D eigenvalue weighted by Crippen LogP contribution is -2.15. The fourth-order valence-corrected chi connectivity index (χ4v) is 1.24. The summed E-state index contributed by atoms with van der Waals surface area (Å²) in [5.41, 5.74) is 10.6. The number of hydrogen-bond donors (Lipinski definition) is 3. The highest BCUT2D eigenvalue weighted by atomic mass is 14.8. The summed E-state index contributed by atoms with van der Waals surface area (Å²) >= 11 is 0. The number of rotatable bonds is 10. The van der Waals surface area contributed by atoms with Crippen LogP contribution < -0.4 is 16.8 Å². The van der Waals surface area contributed by atoms with Crippen LogP contribution in [0.15, 0.2) is 4.99 Å². The number of nitrogens with one attached hydrogen (secondary N) is 1. The van der Waals surface area contributed by atoms with Gasteiger partial charge < -0.3 is 21.8 Å². The van der Waals surface area contributed by atoms with Crippen molar-refractivity contribution < 1.29 is 0 Å². The summed E-state index contributed by atoms with van der Waals surface area (Å²) in [6, 6.07) is 0. The third-order valence-corrected chi connectivity index (χ3v) is 2.22. The van der Waals surface area contributed by atoms with Gasteiger partial charge in [-0.15, -0.1) is 0 Å². The molecule has 0 heterocycles. The maximum atomic E-state index is 5.28. The first-order valence-corrected chi connectivity index (χ1v) is 6.84. The second-order valence-electron chi connectivity index (χ2n) is 3.97. The van der Waals surface area contributed by atoms with Gasteiger partial charge in [0.05, 0.1) is 0 Å². The number of nitrogens with zero attached hydrogens (tertiary/aromatic N) is 1. The molecule has 0 aromatic heterocycles. The normalized spacial score (nSPS) is 10.4. The molecule has 0 saturated carbocycles. The van der Waals surface area contributed by atoms with Crippen LogP contribution in [0.5, 0.6) is 0 Å². The first-order chi connectivity index (χ1) is 8.33. The Morgan fingerprint density at radius 3 is 2.00 bits per heavy atom. The van der Waals surface area contributed by atoms with Crippen molar-refractivity contribution >= 4 is 6.21 Å². The first-order valence-electron chi connectivity index (χ1n) is 6.84. The highest BCUT2D eigenvalue weighted by Gasteiger charge is 1.83. The summed E-state index contributed by atoms with van der Waals surface area (Å²) in [5, 5.41) is 3.28. The molecule has 0 aliphatic heterocycles. The van der Waals surface area contributed by atoms with E-state index in [1.54, 1.807) is 7.05 Å². The fourth-order valence-electron chi connectivity index (χ4n) is 1.24. The lowest BCUT2D eigenvalue weighted by molar-refractivity contribution is 0.653. The van der Waals surface area contributed by atoms with E-state index in [2.05, 4.69) is 17.2 Å². The molecule has 0 unspecified atom stereocenters. The lowest BCUT2D eigenvalue weighted by atomic mass is 10.2. The zero-order valence-electron chi connectivity index (χ0n) is 11.8. The van der Waals surface area contributed by atoms with Crippen LogP contribution in [0.4, 0.5) is 0 Å². The highest BCUT2D eigenvalue weighted by Crippen LogP contribution is 1.95. The van der Waals surface area contributed by atoms with E-state index in [0.29, 0.717) is 0 Å². The van der Waals surface area contributed by atoms with Crippen molar-refractivity contribution in [2.75, 3.05) is 33.2 Å². The quantitative estimate of drug-likeness (QED) is 0.403. The SMILES string of the molecule is CCCNCCC=NC.NCCCCCCN. The molecule has 4 nitrogen and oxygen atoms in total. The minimum absolute atomic E-state index is 0.824. The highest BCUT2D eigenvalue weighted by molar-refractivity contribution is 5.56. The Bertz CT molecular complexity index is 131. The third kappa shape index (κ3) is 25.7. The van der Waals surface area contributed by atoms with Gasteiger partial charge in [-0.2, -0.15) is 0 Å². The minimum Gasteiger partial charge on any atom is -0.330 e. The van der Waals surface area contributed by atoms with Gasteiger partial charge in [-0.1, -0.05) is 19.8 Å². The average Bonchev–Trinajstić information content (AvgIpc) is 2.36. The molecule has 0 radical (unpaired) electrons. The van der Waals surface area contributed by atoms with E-state index in [-0.39, 0.29) is 0 Å². The molecule has 104 valence electrons. The van der Waals surface area contributed by atoms with Crippen LogP contribution >= 0.6 is 0 Å². The van der Waals surface area contributed by atoms with E-state index in [1.165, 1.54) is 19.3 Å². The Balaban J connectivity index is 0. The lowest BCUT2D eigenvalue weighted by Gasteiger charge is -1.96. The molecule has 0 rings (SSSR count). The molecular weight excluding hydrogens is 212 g/mol. The minimum atomic E-state index is 0.824. The second-order valence-corrected chi connectivity index (χ2v) is 3.97. The zero-order valence-corrected chi connectivity index (χ0v) is 11.8. The van der Waals surface area contributed by atoms with Crippen molar-refractivity contribution in [3.63, 3.8) is 0 Å². The van der Waals surface area contributed by atoms with Crippen LogP contribution in [0, 0.1) is 0 Å². The van der Waals surface area contributed by atoms with E-state index in [0.717, 1.165) is 45.4 Å². The number of hydrogen-bond acceptors (Lipinski definition) is 4. The summed E-state index contributed by atoms with van der Waals surface area (Å²) in [7, 11) is 1.81. The summed E-state index contributed by atoms with van der Waals surface area (Å²) in [4.78, 5) is 3.87. The van der Waals surface area contributed by atoms with Gasteiger partial charge in [-0.05, 0) is 51.5 Å². The summed E-state index contributed by atoms with van der Waals surface area (Å²) in [5.74, 6) is 0. The Labute approximate surface area is 107 Å². The summed E-state index contributed by atoms with van der Waals surface area (Å²) < 4.78 is 0. The topological polar surface area (TPSA) is 76.4 Å². The van der Waals surface area contributed by atoms with Gasteiger partial charge in [-0.3, -0.25) is 0 Å². The Morgan fingerprint density at radius 2 is 1.59 bits per heavy atom. The van der Waals surface area contributed by atoms with Crippen LogP contribution in [-0.2, 0) is 0 Å². The van der Waals surface area contributed by atoms with Gasteiger partial charge in [0.15, 0.2) is 0 Å². The van der Waals surface area contributed by atoms with Crippen molar-refractivity contribution in [2.24, 2.45) is 16.5 Å². The van der Waals surface area contributed by atoms with E-state index >= 15 is 0 Å². The molecule has 0 saturated heterocycles. The van der Waals surface area contributed by atoms with Gasteiger partial charge in [0, 0.05) is 13.6 Å². The van der Waals surface area contributed by atoms with Crippen molar-refractivity contribution in [2.45, 2.75) is 45.4 Å². The molecule has 0 bridgehead atoms. The monoisotopic (exact) mass is 244 g/mol. The molecule has 0 aromatic carbocycles. The molecular formula is C13H32N4. The Kier molecular flexibility index (Phi) is 23.2. The van der Waals surface area contributed by atoms with E-state index in [9.17, 15) is 0 Å². The molecule has 0 fully saturated rings. The molecule has 0 aliphatic rings. The number of unbranched alkanes of at least 4 members (excludes halogenated alkanes) is 3. The maximum absolute atomic E-state index is 5.28. The zero-order chi connectivity index (χ0) is 13.2. The Hall–Kier alpha value is -0.450. The second kappa shape index (κ2) is 20.9. The molecule has 5 N–H and O–H groups in total. The molecule has 0 atom stereocenters. The van der Waals surface area contributed by atoms with Gasteiger partial charge in [0.2, 0.25) is 0 Å². The molecule has 17 heavy (non-hydrogen) atoms. The van der Waals surface area contributed by atoms with E-state index in [4.69, 9.17) is 11.5 Å². The molecule has 0 aromatic rings. The summed E-state index contributed by atoms with van der Waals surface area (Å²) in [6.07, 6.45) is 8.99. The van der Waals surface area contributed by atoms with Crippen molar-refractivity contribution in [3.8, 4) is 0 Å². The third-order valence-electron chi connectivity index (χ3n) is 2.22. The van der Waals surface area contributed by atoms with Crippen LogP contribution in [-0.4, -0.2) is 39.4 Å². The molecule has 0 spiro atoms. The fraction of sp³-hybridized carbons (Fsp3) is 0.923. The largest absolute Gasteiger partial charge is 0.330 e. The smallest absolute Gasteiger partial charge is 0.0273 e. The maximum Gasteiger partial charge on any atom is 0.0273 e. The van der Waals surface area contributed by atoms with Crippen LogP contribution in [0.1, 0.15) is 45.4 Å². The molecule has 4 heteroatoms. The van der Waals surface area contributed by atoms with Crippen molar-refractivity contribution in [3.05, 3.63) is 0 Å². The Morgan fingerprint density at radius 1 is 1.00 bits per heavy atom. The predicted octanol–water partition coefficient (Wildman–Crippen LogP) is 1.54. The average molecular weight is 244 g/mol. The standard InChI is InChI=1S/C7H16N2.C6H16N2/c1-3-5-9-7-4-6-8-2;7-5-3-1-2-4-6-8/h6,9H,3-5,7H2,1-2H3;1-8H2. The first kappa shape index (κ1) is 18.9. The van der Waals surface area contributed by atoms with Crippen LogP contribution in [0.3, 0.4) is 0 Å². The number of nitrogens with two attached hydrogens (primary N) is 2. The van der Waals surface area contributed by atoms with Gasteiger partial charge >= 0.3 is 0 Å². The number of aliphatic imine (C=N–C) groups is 1. The molecule has 0 amide bonds. The van der Waals surface area contributed by atoms with Gasteiger partial charge in [0.1, 0.15) is 0 Å². The summed E-state index contributed by atoms with van der Waals surface area (Å²) in [6.45, 7) is 6.00. The van der Waals surface area contributed by atoms with Crippen LogP contribution in [0.2, 0.25) is 0 Å². The molecule has 0 aliphatic carbocycles. The van der Waals surface area contributed by atoms with Crippen molar-refractivity contribution in [1.29, 1.82) is 0 Å². The predicted molar refractivity (Wildman–Crippen MR) is 78.8 cm³/mol. The van der Waals surface area contributed by atoms with E-state index < -0.39 is 0 Å². The van der Waals surface area contributed by atoms with Crippen LogP contribution in [0.25, 0.3) is 0 Å².